The summed E-state index contributed by atoms with van der Waals surface area (Å²) in [6.07, 6.45) is -0.296. The Bertz CT molecular complexity index is 97.5. The second-order valence-corrected chi connectivity index (χ2v) is 1.74. The number of hydrogen-bond acceptors (Lipinski definition) is 3. The van der Waals surface area contributed by atoms with Crippen LogP contribution in [0.25, 0.3) is 0 Å². The zero-order chi connectivity index (χ0) is 5.98. The van der Waals surface area contributed by atoms with E-state index in [2.05, 4.69) is 10.6 Å². The van der Waals surface area contributed by atoms with Crippen molar-refractivity contribution in [3.05, 3.63) is 0 Å². The second-order valence-electron chi connectivity index (χ2n) is 1.74. The van der Waals surface area contributed by atoms with Crippen molar-refractivity contribution >= 4 is 5.91 Å². The van der Waals surface area contributed by atoms with Gasteiger partial charge in [0, 0.05) is 13.1 Å². The zero-order valence-electron chi connectivity index (χ0n) is 4.48. The van der Waals surface area contributed by atoms with Crippen LogP contribution in [0.15, 0.2) is 0 Å². The number of carbonyl (C=O) groups excluding carboxylic acids is 1. The molecule has 46 valence electrons. The van der Waals surface area contributed by atoms with E-state index in [0.717, 1.165) is 13.1 Å². The summed E-state index contributed by atoms with van der Waals surface area (Å²) in [7, 11) is 0. The lowest BCUT2D eigenvalue weighted by molar-refractivity contribution is -0.120. The Balaban J connectivity index is 2.35. The summed E-state index contributed by atoms with van der Waals surface area (Å²) >= 11 is 0. The molecule has 0 aromatic heterocycles. The smallest absolute Gasteiger partial charge is 0.249 e. The summed E-state index contributed by atoms with van der Waals surface area (Å²) in [4.78, 5) is 10.3. The summed E-state index contributed by atoms with van der Waals surface area (Å²) < 4.78 is 0. The number of amides is 1. The maximum absolute atomic E-state index is 10.3. The molecule has 0 aromatic rings. The first-order valence-corrected chi connectivity index (χ1v) is 2.57. The van der Waals surface area contributed by atoms with E-state index in [-0.39, 0.29) is 12.1 Å². The van der Waals surface area contributed by atoms with Gasteiger partial charge < -0.3 is 5.73 Å². The fraction of sp³-hybridized carbons (Fsp3) is 0.750. The van der Waals surface area contributed by atoms with Crippen molar-refractivity contribution < 1.29 is 4.79 Å². The highest BCUT2D eigenvalue weighted by atomic mass is 16.1. The normalized spacial score (nSPS) is 21.5. The van der Waals surface area contributed by atoms with Gasteiger partial charge in [-0.2, -0.15) is 0 Å². The van der Waals surface area contributed by atoms with Crippen molar-refractivity contribution in [2.45, 2.75) is 6.17 Å². The number of nitrogens with two attached hydrogens (primary N) is 1. The van der Waals surface area contributed by atoms with Crippen molar-refractivity contribution in [1.82, 2.24) is 10.6 Å². The van der Waals surface area contributed by atoms with Gasteiger partial charge in [-0.1, -0.05) is 0 Å². The Labute approximate surface area is 47.4 Å². The van der Waals surface area contributed by atoms with Gasteiger partial charge in [0.15, 0.2) is 0 Å². The SMILES string of the molecule is NC(=O)C1NCCN1. The molecular formula is C4H9N3O. The molecule has 4 nitrogen and oxygen atoms in total. The largest absolute Gasteiger partial charge is 0.367 e. The third kappa shape index (κ3) is 0.962. The van der Waals surface area contributed by atoms with E-state index in [1.807, 2.05) is 0 Å². The van der Waals surface area contributed by atoms with Crippen LogP contribution in [0.2, 0.25) is 0 Å². The molecule has 0 aromatic carbocycles. The van der Waals surface area contributed by atoms with E-state index in [1.165, 1.54) is 0 Å². The van der Waals surface area contributed by atoms with E-state index in [9.17, 15) is 4.79 Å². The summed E-state index contributed by atoms with van der Waals surface area (Å²) in [6.45, 7) is 1.65. The standard InChI is InChI=1S/C4H9N3O/c5-3(8)4-6-1-2-7-4/h4,6-7H,1-2H2,(H2,5,8). The summed E-state index contributed by atoms with van der Waals surface area (Å²) in [5, 5.41) is 5.74. The molecule has 1 heterocycles. The third-order valence-corrected chi connectivity index (χ3v) is 1.11. The van der Waals surface area contributed by atoms with Crippen molar-refractivity contribution in [3.8, 4) is 0 Å². The highest BCUT2D eigenvalue weighted by Crippen LogP contribution is 1.80. The van der Waals surface area contributed by atoms with Crippen LogP contribution in [0.5, 0.6) is 0 Å². The number of primary amides is 1. The minimum absolute atomic E-state index is 0.296. The lowest BCUT2D eigenvalue weighted by Crippen LogP contribution is -2.43. The zero-order valence-corrected chi connectivity index (χ0v) is 4.48. The molecule has 0 atom stereocenters. The summed E-state index contributed by atoms with van der Waals surface area (Å²) in [5.41, 5.74) is 4.93. The number of nitrogens with one attached hydrogen (secondary N) is 2. The summed E-state index contributed by atoms with van der Waals surface area (Å²) in [6, 6.07) is 0. The molecule has 0 unspecified atom stereocenters. The topological polar surface area (TPSA) is 67.2 Å². The molecule has 1 saturated heterocycles. The van der Waals surface area contributed by atoms with Gasteiger partial charge in [-0.05, 0) is 0 Å². The molecule has 1 aliphatic heterocycles. The van der Waals surface area contributed by atoms with Gasteiger partial charge in [-0.3, -0.25) is 15.4 Å². The van der Waals surface area contributed by atoms with Crippen LogP contribution in [0, 0.1) is 0 Å². The fourth-order valence-corrected chi connectivity index (χ4v) is 0.706. The van der Waals surface area contributed by atoms with Crippen LogP contribution < -0.4 is 16.4 Å². The van der Waals surface area contributed by atoms with Gasteiger partial charge >= 0.3 is 0 Å². The van der Waals surface area contributed by atoms with E-state index < -0.39 is 0 Å². The average molecular weight is 115 g/mol. The molecule has 1 aliphatic rings. The molecular weight excluding hydrogens is 106 g/mol. The minimum Gasteiger partial charge on any atom is -0.367 e. The van der Waals surface area contributed by atoms with Crippen LogP contribution in [-0.2, 0) is 4.79 Å². The maximum atomic E-state index is 10.3. The molecule has 1 amide bonds. The molecule has 4 heteroatoms. The van der Waals surface area contributed by atoms with Crippen molar-refractivity contribution in [1.29, 1.82) is 0 Å². The van der Waals surface area contributed by atoms with E-state index >= 15 is 0 Å². The molecule has 8 heavy (non-hydrogen) atoms. The first kappa shape index (κ1) is 5.53. The van der Waals surface area contributed by atoms with Crippen LogP contribution >= 0.6 is 0 Å². The Morgan fingerprint density at radius 3 is 2.25 bits per heavy atom. The Kier molecular flexibility index (Phi) is 1.45. The van der Waals surface area contributed by atoms with Crippen molar-refractivity contribution in [2.24, 2.45) is 5.73 Å². The van der Waals surface area contributed by atoms with Gasteiger partial charge in [0.1, 0.15) is 6.17 Å². The lowest BCUT2D eigenvalue weighted by atomic mass is 10.5. The molecule has 0 radical (unpaired) electrons. The molecule has 0 saturated carbocycles. The average Bonchev–Trinajstić information content (AvgIpc) is 2.12. The molecule has 1 rings (SSSR count). The van der Waals surface area contributed by atoms with E-state index in [0.29, 0.717) is 0 Å². The first-order chi connectivity index (χ1) is 3.80. The van der Waals surface area contributed by atoms with Crippen molar-refractivity contribution in [2.75, 3.05) is 13.1 Å². The number of carbonyl (C=O) groups is 1. The van der Waals surface area contributed by atoms with Crippen LogP contribution in [0.3, 0.4) is 0 Å². The van der Waals surface area contributed by atoms with Crippen molar-refractivity contribution in [3.63, 3.8) is 0 Å². The monoisotopic (exact) mass is 115 g/mol. The van der Waals surface area contributed by atoms with Gasteiger partial charge in [-0.25, -0.2) is 0 Å². The predicted octanol–water partition coefficient (Wildman–Crippen LogP) is -2.01. The minimum atomic E-state index is -0.331. The molecule has 0 aliphatic carbocycles. The second kappa shape index (κ2) is 2.11. The first-order valence-electron chi connectivity index (χ1n) is 2.57. The fourth-order valence-electron chi connectivity index (χ4n) is 0.706. The van der Waals surface area contributed by atoms with Gasteiger partial charge in [-0.15, -0.1) is 0 Å². The van der Waals surface area contributed by atoms with E-state index in [1.54, 1.807) is 0 Å². The predicted molar refractivity (Wildman–Crippen MR) is 29.0 cm³/mol. The highest BCUT2D eigenvalue weighted by Gasteiger charge is 2.17. The van der Waals surface area contributed by atoms with Gasteiger partial charge in [0.05, 0.1) is 0 Å². The Morgan fingerprint density at radius 2 is 2.00 bits per heavy atom. The molecule has 0 bridgehead atoms. The van der Waals surface area contributed by atoms with Gasteiger partial charge in [0.25, 0.3) is 0 Å². The number of hydrogen-bond donors (Lipinski definition) is 3. The molecule has 1 fully saturated rings. The third-order valence-electron chi connectivity index (χ3n) is 1.11. The highest BCUT2D eigenvalue weighted by molar-refractivity contribution is 5.79. The Morgan fingerprint density at radius 1 is 1.50 bits per heavy atom. The van der Waals surface area contributed by atoms with Gasteiger partial charge in [0.2, 0.25) is 5.91 Å². The molecule has 4 N–H and O–H groups in total. The number of rotatable bonds is 1. The van der Waals surface area contributed by atoms with Crippen LogP contribution in [0.4, 0.5) is 0 Å². The molecule has 0 spiro atoms. The summed E-state index contributed by atoms with van der Waals surface area (Å²) in [5.74, 6) is -0.331. The van der Waals surface area contributed by atoms with Crippen LogP contribution in [-0.4, -0.2) is 25.2 Å². The van der Waals surface area contributed by atoms with E-state index in [4.69, 9.17) is 5.73 Å². The Hall–Kier alpha value is -0.610. The lowest BCUT2D eigenvalue weighted by Gasteiger charge is -2.02. The quantitative estimate of drug-likeness (QED) is 0.370. The maximum Gasteiger partial charge on any atom is 0.249 e. The van der Waals surface area contributed by atoms with Crippen LogP contribution in [0.1, 0.15) is 0 Å².